The Morgan fingerprint density at radius 3 is 2.65 bits per heavy atom. The fourth-order valence-electron chi connectivity index (χ4n) is 2.36. The van der Waals surface area contributed by atoms with E-state index in [2.05, 4.69) is 0 Å². The highest BCUT2D eigenvalue weighted by atomic mass is 35.5. The van der Waals surface area contributed by atoms with Crippen molar-refractivity contribution in [1.82, 2.24) is 0 Å². The number of carbonyl (C=O) groups excluding carboxylic acids is 1. The van der Waals surface area contributed by atoms with E-state index in [0.717, 1.165) is 11.1 Å². The van der Waals surface area contributed by atoms with Crippen LogP contribution in [0, 0.1) is 5.41 Å². The lowest BCUT2D eigenvalue weighted by molar-refractivity contribution is -0.115. The predicted octanol–water partition coefficient (Wildman–Crippen LogP) is 4.07. The number of rotatable bonds is 5. The first-order chi connectivity index (χ1) is 11.1. The molecule has 0 spiro atoms. The minimum Gasteiger partial charge on any atom is -0.372 e. The van der Waals surface area contributed by atoms with E-state index in [1.54, 1.807) is 18.2 Å². The van der Waals surface area contributed by atoms with Crippen molar-refractivity contribution in [2.45, 2.75) is 13.2 Å². The van der Waals surface area contributed by atoms with Crippen LogP contribution in [0.5, 0.6) is 0 Å². The van der Waals surface area contributed by atoms with Crippen LogP contribution in [-0.2, 0) is 22.7 Å². The normalized spacial score (nSPS) is 14.6. The standard InChI is InChI=1S/C17H15ClN2O2S/c18-14-6-7-15(20-16(21)11-23-17(20)19)13(8-14)10-22-9-12-4-2-1-3-5-12/h1-8,19H,9-11H2. The van der Waals surface area contributed by atoms with Gasteiger partial charge in [-0.3, -0.25) is 15.1 Å². The maximum absolute atomic E-state index is 12.0. The van der Waals surface area contributed by atoms with Gasteiger partial charge in [-0.05, 0) is 23.8 Å². The monoisotopic (exact) mass is 346 g/mol. The largest absolute Gasteiger partial charge is 0.372 e. The molecule has 1 aliphatic heterocycles. The van der Waals surface area contributed by atoms with Gasteiger partial charge in [-0.2, -0.15) is 0 Å². The summed E-state index contributed by atoms with van der Waals surface area (Å²) in [5.74, 6) is 0.206. The Hall–Kier alpha value is -1.82. The van der Waals surface area contributed by atoms with Gasteiger partial charge in [0, 0.05) is 10.6 Å². The van der Waals surface area contributed by atoms with Crippen LogP contribution in [-0.4, -0.2) is 16.8 Å². The molecule has 1 amide bonds. The number of amides is 1. The number of amidine groups is 1. The number of ether oxygens (including phenoxy) is 1. The molecule has 6 heteroatoms. The van der Waals surface area contributed by atoms with Crippen molar-refractivity contribution in [2.75, 3.05) is 10.7 Å². The van der Waals surface area contributed by atoms with Crippen LogP contribution in [0.2, 0.25) is 5.02 Å². The van der Waals surface area contributed by atoms with E-state index < -0.39 is 0 Å². The quantitative estimate of drug-likeness (QED) is 0.887. The number of hydrogen-bond acceptors (Lipinski definition) is 4. The number of halogens is 1. The molecule has 1 saturated heterocycles. The van der Waals surface area contributed by atoms with E-state index >= 15 is 0 Å². The topological polar surface area (TPSA) is 53.4 Å². The SMILES string of the molecule is N=C1SCC(=O)N1c1ccc(Cl)cc1COCc1ccccc1. The summed E-state index contributed by atoms with van der Waals surface area (Å²) in [4.78, 5) is 13.4. The van der Waals surface area contributed by atoms with E-state index in [1.165, 1.54) is 16.7 Å². The van der Waals surface area contributed by atoms with Crippen LogP contribution in [0.1, 0.15) is 11.1 Å². The van der Waals surface area contributed by atoms with Crippen LogP contribution in [0.4, 0.5) is 5.69 Å². The van der Waals surface area contributed by atoms with E-state index in [-0.39, 0.29) is 11.1 Å². The molecule has 0 aliphatic carbocycles. The molecule has 0 saturated carbocycles. The fourth-order valence-corrected chi connectivity index (χ4v) is 3.27. The molecule has 118 valence electrons. The summed E-state index contributed by atoms with van der Waals surface area (Å²) in [6.07, 6.45) is 0. The first kappa shape index (κ1) is 16.1. The molecule has 0 aromatic heterocycles. The second-order valence-electron chi connectivity index (χ2n) is 5.07. The Kier molecular flexibility index (Phi) is 5.00. The molecule has 2 aromatic rings. The number of benzene rings is 2. The maximum Gasteiger partial charge on any atom is 0.243 e. The minimum atomic E-state index is -0.0911. The third-order valence-corrected chi connectivity index (χ3v) is 4.52. The third-order valence-electron chi connectivity index (χ3n) is 3.44. The van der Waals surface area contributed by atoms with Gasteiger partial charge in [0.25, 0.3) is 0 Å². The lowest BCUT2D eigenvalue weighted by Crippen LogP contribution is -2.29. The number of nitrogens with one attached hydrogen (secondary N) is 1. The van der Waals surface area contributed by atoms with Crippen molar-refractivity contribution in [1.29, 1.82) is 5.41 Å². The average Bonchev–Trinajstić information content (AvgIpc) is 2.88. The predicted molar refractivity (Wildman–Crippen MR) is 94.1 cm³/mol. The zero-order valence-corrected chi connectivity index (χ0v) is 13.9. The number of anilines is 1. The summed E-state index contributed by atoms with van der Waals surface area (Å²) in [6, 6.07) is 15.1. The molecular weight excluding hydrogens is 332 g/mol. The second kappa shape index (κ2) is 7.17. The summed E-state index contributed by atoms with van der Waals surface area (Å²) in [5, 5.41) is 8.75. The molecule has 0 radical (unpaired) electrons. The summed E-state index contributed by atoms with van der Waals surface area (Å²) in [6.45, 7) is 0.805. The van der Waals surface area contributed by atoms with Gasteiger partial charge in [-0.1, -0.05) is 53.7 Å². The van der Waals surface area contributed by atoms with E-state index in [4.69, 9.17) is 21.7 Å². The minimum absolute atomic E-state index is 0.0911. The highest BCUT2D eigenvalue weighted by molar-refractivity contribution is 8.15. The van der Waals surface area contributed by atoms with Crippen molar-refractivity contribution >= 4 is 40.1 Å². The summed E-state index contributed by atoms with van der Waals surface area (Å²) < 4.78 is 5.76. The van der Waals surface area contributed by atoms with Gasteiger partial charge in [0.2, 0.25) is 5.91 Å². The maximum atomic E-state index is 12.0. The molecule has 1 heterocycles. The number of carbonyl (C=O) groups is 1. The summed E-state index contributed by atoms with van der Waals surface area (Å²) in [5.41, 5.74) is 2.55. The number of nitrogens with zero attached hydrogens (tertiary/aromatic N) is 1. The van der Waals surface area contributed by atoms with Crippen LogP contribution in [0.3, 0.4) is 0 Å². The van der Waals surface area contributed by atoms with Gasteiger partial charge in [-0.25, -0.2) is 0 Å². The highest BCUT2D eigenvalue weighted by Crippen LogP contribution is 2.31. The molecular formula is C17H15ClN2O2S. The van der Waals surface area contributed by atoms with Gasteiger partial charge in [0.05, 0.1) is 24.7 Å². The molecule has 3 rings (SSSR count). The fraction of sp³-hybridized carbons (Fsp3) is 0.176. The molecule has 1 N–H and O–H groups in total. The Balaban J connectivity index is 1.77. The highest BCUT2D eigenvalue weighted by Gasteiger charge is 2.29. The van der Waals surface area contributed by atoms with Crippen molar-refractivity contribution in [3.05, 3.63) is 64.7 Å². The lowest BCUT2D eigenvalue weighted by Gasteiger charge is -2.19. The molecule has 23 heavy (non-hydrogen) atoms. The van der Waals surface area contributed by atoms with Crippen molar-refractivity contribution in [3.63, 3.8) is 0 Å². The Morgan fingerprint density at radius 2 is 1.96 bits per heavy atom. The Morgan fingerprint density at radius 1 is 1.17 bits per heavy atom. The van der Waals surface area contributed by atoms with E-state index in [0.29, 0.717) is 29.7 Å². The van der Waals surface area contributed by atoms with Crippen molar-refractivity contribution in [3.8, 4) is 0 Å². The Labute approximate surface area is 143 Å². The van der Waals surface area contributed by atoms with E-state index in [1.807, 2.05) is 30.3 Å². The zero-order valence-electron chi connectivity index (χ0n) is 12.3. The van der Waals surface area contributed by atoms with Gasteiger partial charge >= 0.3 is 0 Å². The average molecular weight is 347 g/mol. The summed E-state index contributed by atoms with van der Waals surface area (Å²) >= 11 is 7.30. The smallest absolute Gasteiger partial charge is 0.243 e. The molecule has 2 aromatic carbocycles. The second-order valence-corrected chi connectivity index (χ2v) is 6.47. The lowest BCUT2D eigenvalue weighted by atomic mass is 10.1. The molecule has 1 aliphatic rings. The third kappa shape index (κ3) is 3.75. The first-order valence-corrected chi connectivity index (χ1v) is 8.46. The van der Waals surface area contributed by atoms with Gasteiger partial charge in [0.15, 0.2) is 5.17 Å². The number of hydrogen-bond donors (Lipinski definition) is 1. The van der Waals surface area contributed by atoms with Crippen LogP contribution >= 0.6 is 23.4 Å². The van der Waals surface area contributed by atoms with E-state index in [9.17, 15) is 4.79 Å². The van der Waals surface area contributed by atoms with Crippen LogP contribution in [0.25, 0.3) is 0 Å². The van der Waals surface area contributed by atoms with Crippen molar-refractivity contribution < 1.29 is 9.53 Å². The molecule has 0 atom stereocenters. The zero-order chi connectivity index (χ0) is 16.2. The molecule has 1 fully saturated rings. The Bertz CT molecular complexity index is 721. The van der Waals surface area contributed by atoms with Crippen LogP contribution < -0.4 is 4.90 Å². The number of thioether (sulfide) groups is 1. The summed E-state index contributed by atoms with van der Waals surface area (Å²) in [7, 11) is 0. The molecule has 4 nitrogen and oxygen atoms in total. The van der Waals surface area contributed by atoms with Gasteiger partial charge in [-0.15, -0.1) is 0 Å². The molecule has 0 bridgehead atoms. The molecule has 0 unspecified atom stereocenters. The van der Waals surface area contributed by atoms with Crippen LogP contribution in [0.15, 0.2) is 48.5 Å². The van der Waals surface area contributed by atoms with Gasteiger partial charge in [0.1, 0.15) is 0 Å². The van der Waals surface area contributed by atoms with Gasteiger partial charge < -0.3 is 4.74 Å². The first-order valence-electron chi connectivity index (χ1n) is 7.09. The van der Waals surface area contributed by atoms with Crippen molar-refractivity contribution in [2.24, 2.45) is 0 Å².